The van der Waals surface area contributed by atoms with E-state index in [0.717, 1.165) is 39.0 Å². The van der Waals surface area contributed by atoms with Crippen LogP contribution in [0.15, 0.2) is 0 Å². The second kappa shape index (κ2) is 4.97. The summed E-state index contributed by atoms with van der Waals surface area (Å²) in [5, 5.41) is 0. The molecule has 3 atom stereocenters. The molecule has 3 unspecified atom stereocenters. The summed E-state index contributed by atoms with van der Waals surface area (Å²) in [7, 11) is 0. The number of hydrogen-bond acceptors (Lipinski definition) is 4. The van der Waals surface area contributed by atoms with Crippen molar-refractivity contribution in [2.75, 3.05) is 32.9 Å². The number of amides is 1. The molecule has 0 aromatic heterocycles. The fraction of sp³-hybridized carbons (Fsp3) is 0.933. The number of carbonyl (C=O) groups is 1. The smallest absolute Gasteiger partial charge is 0.243 e. The van der Waals surface area contributed by atoms with Gasteiger partial charge in [-0.3, -0.25) is 4.79 Å². The Labute approximate surface area is 120 Å². The first-order valence-electron chi connectivity index (χ1n) is 7.77. The molecule has 0 radical (unpaired) electrons. The van der Waals surface area contributed by atoms with Crippen LogP contribution in [0.25, 0.3) is 0 Å². The van der Waals surface area contributed by atoms with Crippen LogP contribution in [-0.4, -0.2) is 55.4 Å². The Hall–Kier alpha value is -0.650. The Kier molecular flexibility index (Phi) is 3.55. The number of fused-ring (bicyclic) bond motifs is 1. The van der Waals surface area contributed by atoms with Gasteiger partial charge in [0, 0.05) is 37.6 Å². The summed E-state index contributed by atoms with van der Waals surface area (Å²) in [5.41, 5.74) is 5.58. The van der Waals surface area contributed by atoms with Crippen LogP contribution in [0.4, 0.5) is 0 Å². The lowest BCUT2D eigenvalue weighted by Crippen LogP contribution is -2.82. The minimum Gasteiger partial charge on any atom is -0.380 e. The lowest BCUT2D eigenvalue weighted by Gasteiger charge is -2.65. The van der Waals surface area contributed by atoms with E-state index in [9.17, 15) is 4.79 Å². The topological polar surface area (TPSA) is 64.8 Å². The predicted octanol–water partition coefficient (Wildman–Crippen LogP) is 0.768. The van der Waals surface area contributed by atoms with Gasteiger partial charge in [-0.25, -0.2) is 0 Å². The van der Waals surface area contributed by atoms with Gasteiger partial charge < -0.3 is 20.1 Å². The molecule has 1 amide bonds. The zero-order valence-electron chi connectivity index (χ0n) is 12.6. The van der Waals surface area contributed by atoms with E-state index < -0.39 is 5.54 Å². The number of hydrogen-bond donors (Lipinski definition) is 1. The normalized spacial score (nSPS) is 40.5. The van der Waals surface area contributed by atoms with Crippen LogP contribution in [0, 0.1) is 11.3 Å². The van der Waals surface area contributed by atoms with E-state index in [2.05, 4.69) is 13.8 Å². The first-order valence-corrected chi connectivity index (χ1v) is 7.77. The molecular weight excluding hydrogens is 256 g/mol. The minimum absolute atomic E-state index is 0.0970. The van der Waals surface area contributed by atoms with Crippen molar-refractivity contribution in [2.45, 2.75) is 44.8 Å². The van der Waals surface area contributed by atoms with Gasteiger partial charge in [0.25, 0.3) is 0 Å². The maximum Gasteiger partial charge on any atom is 0.243 e. The molecule has 0 spiro atoms. The molecule has 3 rings (SSSR count). The Morgan fingerprint density at radius 3 is 2.80 bits per heavy atom. The quantitative estimate of drug-likeness (QED) is 0.771. The lowest BCUT2D eigenvalue weighted by atomic mass is 9.46. The Morgan fingerprint density at radius 2 is 2.00 bits per heavy atom. The minimum atomic E-state index is -0.775. The summed E-state index contributed by atoms with van der Waals surface area (Å²) in [6, 6.07) is 0. The molecule has 2 N–H and O–H groups in total. The van der Waals surface area contributed by atoms with Gasteiger partial charge in [0.1, 0.15) is 5.54 Å². The first-order chi connectivity index (χ1) is 9.49. The van der Waals surface area contributed by atoms with Crippen molar-refractivity contribution in [1.29, 1.82) is 0 Å². The van der Waals surface area contributed by atoms with E-state index in [4.69, 9.17) is 15.2 Å². The molecule has 1 aliphatic carbocycles. The number of ether oxygens (including phenoxy) is 2. The number of nitrogens with two attached hydrogens (primary N) is 1. The van der Waals surface area contributed by atoms with E-state index in [0.29, 0.717) is 13.2 Å². The molecule has 0 aromatic rings. The van der Waals surface area contributed by atoms with E-state index in [1.807, 2.05) is 4.90 Å². The molecule has 3 fully saturated rings. The summed E-state index contributed by atoms with van der Waals surface area (Å²) in [4.78, 5) is 14.9. The molecule has 0 aromatic carbocycles. The fourth-order valence-corrected chi connectivity index (χ4v) is 4.22. The summed E-state index contributed by atoms with van der Waals surface area (Å²) < 4.78 is 11.3. The third-order valence-electron chi connectivity index (χ3n) is 5.55. The summed E-state index contributed by atoms with van der Waals surface area (Å²) in [5.74, 6) is 0.266. The molecule has 2 saturated heterocycles. The van der Waals surface area contributed by atoms with Crippen molar-refractivity contribution in [1.82, 2.24) is 4.90 Å². The van der Waals surface area contributed by atoms with Crippen LogP contribution in [-0.2, 0) is 14.3 Å². The number of carbonyl (C=O) groups excluding carboxylic acids is 1. The first kappa shape index (κ1) is 14.3. The summed E-state index contributed by atoms with van der Waals surface area (Å²) in [6.45, 7) is 7.72. The Morgan fingerprint density at radius 1 is 1.20 bits per heavy atom. The van der Waals surface area contributed by atoms with Crippen molar-refractivity contribution in [3.8, 4) is 0 Å². The largest absolute Gasteiger partial charge is 0.380 e. The van der Waals surface area contributed by atoms with Crippen LogP contribution in [0.2, 0.25) is 0 Å². The molecule has 1 saturated carbocycles. The van der Waals surface area contributed by atoms with Gasteiger partial charge >= 0.3 is 0 Å². The van der Waals surface area contributed by atoms with E-state index in [-0.39, 0.29) is 23.3 Å². The van der Waals surface area contributed by atoms with Crippen LogP contribution in [0.3, 0.4) is 0 Å². The van der Waals surface area contributed by atoms with Crippen molar-refractivity contribution in [3.05, 3.63) is 0 Å². The molecule has 20 heavy (non-hydrogen) atoms. The van der Waals surface area contributed by atoms with Gasteiger partial charge in [0.2, 0.25) is 5.91 Å². The van der Waals surface area contributed by atoms with Crippen LogP contribution < -0.4 is 5.73 Å². The molecule has 0 bridgehead atoms. The third-order valence-corrected chi connectivity index (χ3v) is 5.55. The van der Waals surface area contributed by atoms with Crippen molar-refractivity contribution in [2.24, 2.45) is 17.1 Å². The predicted molar refractivity (Wildman–Crippen MR) is 75.2 cm³/mol. The highest BCUT2D eigenvalue weighted by Gasteiger charge is 2.70. The molecule has 2 heterocycles. The van der Waals surface area contributed by atoms with Gasteiger partial charge in [-0.05, 0) is 19.3 Å². The monoisotopic (exact) mass is 282 g/mol. The van der Waals surface area contributed by atoms with Crippen LogP contribution >= 0.6 is 0 Å². The molecule has 5 heteroatoms. The van der Waals surface area contributed by atoms with Gasteiger partial charge in [-0.1, -0.05) is 13.8 Å². The van der Waals surface area contributed by atoms with Gasteiger partial charge in [-0.15, -0.1) is 0 Å². The SMILES string of the molecule is CC1(C)C2OCCCC2C1(N)C(=O)N1CCCOCC1. The van der Waals surface area contributed by atoms with E-state index in [1.54, 1.807) is 0 Å². The highest BCUT2D eigenvalue weighted by molar-refractivity contribution is 5.89. The highest BCUT2D eigenvalue weighted by Crippen LogP contribution is 2.57. The number of rotatable bonds is 1. The molecule has 5 nitrogen and oxygen atoms in total. The maximum absolute atomic E-state index is 13.0. The zero-order valence-corrected chi connectivity index (χ0v) is 12.6. The molecule has 3 aliphatic rings. The highest BCUT2D eigenvalue weighted by atomic mass is 16.5. The molecule has 2 aliphatic heterocycles. The molecular formula is C15H26N2O3. The Bertz CT molecular complexity index is 391. The van der Waals surface area contributed by atoms with Crippen LogP contribution in [0.5, 0.6) is 0 Å². The van der Waals surface area contributed by atoms with Crippen molar-refractivity contribution >= 4 is 5.91 Å². The maximum atomic E-state index is 13.0. The van der Waals surface area contributed by atoms with E-state index >= 15 is 0 Å². The molecule has 114 valence electrons. The second-order valence-corrected chi connectivity index (χ2v) is 6.89. The van der Waals surface area contributed by atoms with Gasteiger partial charge in [0.05, 0.1) is 12.7 Å². The average Bonchev–Trinajstić information content (AvgIpc) is 2.74. The van der Waals surface area contributed by atoms with Gasteiger partial charge in [0.15, 0.2) is 0 Å². The van der Waals surface area contributed by atoms with Crippen molar-refractivity contribution < 1.29 is 14.3 Å². The summed E-state index contributed by atoms with van der Waals surface area (Å²) in [6.07, 6.45) is 3.04. The number of nitrogens with zero attached hydrogens (tertiary/aromatic N) is 1. The summed E-state index contributed by atoms with van der Waals surface area (Å²) >= 11 is 0. The van der Waals surface area contributed by atoms with Crippen LogP contribution in [0.1, 0.15) is 33.1 Å². The Balaban J connectivity index is 1.81. The van der Waals surface area contributed by atoms with E-state index in [1.165, 1.54) is 0 Å². The van der Waals surface area contributed by atoms with Gasteiger partial charge in [-0.2, -0.15) is 0 Å². The second-order valence-electron chi connectivity index (χ2n) is 6.89. The lowest BCUT2D eigenvalue weighted by molar-refractivity contribution is -0.230. The zero-order chi connectivity index (χ0) is 14.4. The standard InChI is InChI=1S/C15H26N2O3/c1-14(2)12-11(5-3-9-20-12)15(14,16)13(18)17-6-4-8-19-10-7-17/h11-12H,3-10,16H2,1-2H3. The average molecular weight is 282 g/mol. The third kappa shape index (κ3) is 1.83. The fourth-order valence-electron chi connectivity index (χ4n) is 4.22. The van der Waals surface area contributed by atoms with Crippen molar-refractivity contribution in [3.63, 3.8) is 0 Å².